The molecule has 4 heteroatoms. The van der Waals surface area contributed by atoms with E-state index >= 15 is 0 Å². The second-order valence-electron chi connectivity index (χ2n) is 4.45. The molecule has 2 rings (SSSR count). The lowest BCUT2D eigenvalue weighted by Crippen LogP contribution is -2.46. The molecule has 1 N–H and O–H groups in total. The number of non-ortho nitro benzene ring substituents is 1. The first-order valence-corrected chi connectivity index (χ1v) is 5.55. The lowest BCUT2D eigenvalue weighted by molar-refractivity contribution is -0.385. The van der Waals surface area contributed by atoms with Gasteiger partial charge in [-0.15, -0.1) is 0 Å². The van der Waals surface area contributed by atoms with Crippen molar-refractivity contribution in [2.45, 2.75) is 25.3 Å². The third kappa shape index (κ3) is 1.80. The van der Waals surface area contributed by atoms with Crippen LogP contribution in [-0.2, 0) is 0 Å². The van der Waals surface area contributed by atoms with Crippen LogP contribution >= 0.6 is 0 Å². The summed E-state index contributed by atoms with van der Waals surface area (Å²) in [4.78, 5) is 10.3. The summed E-state index contributed by atoms with van der Waals surface area (Å²) in [6.45, 7) is 2.19. The maximum atomic E-state index is 10.7. The topological polar surface area (TPSA) is 55.2 Å². The van der Waals surface area contributed by atoms with Gasteiger partial charge < -0.3 is 5.32 Å². The van der Waals surface area contributed by atoms with E-state index in [9.17, 15) is 10.1 Å². The van der Waals surface area contributed by atoms with Crippen LogP contribution in [0.25, 0.3) is 0 Å². The average Bonchev–Trinajstić information content (AvgIpc) is 2.28. The Morgan fingerprint density at radius 3 is 2.81 bits per heavy atom. The largest absolute Gasteiger partial charge is 0.317 e. The molecule has 3 atom stereocenters. The predicted molar refractivity (Wildman–Crippen MR) is 62.5 cm³/mol. The Bertz CT molecular complexity index is 406. The Balaban J connectivity index is 2.17. The van der Waals surface area contributed by atoms with Crippen LogP contribution in [0, 0.1) is 16.0 Å². The van der Waals surface area contributed by atoms with E-state index in [0.717, 1.165) is 12.0 Å². The zero-order valence-corrected chi connectivity index (χ0v) is 9.51. The molecule has 4 nitrogen and oxygen atoms in total. The summed E-state index contributed by atoms with van der Waals surface area (Å²) in [7, 11) is 1.96. The number of hydrogen-bond acceptors (Lipinski definition) is 3. The fourth-order valence-corrected chi connectivity index (χ4v) is 2.48. The Labute approximate surface area is 94.8 Å². The molecule has 86 valence electrons. The number of rotatable bonds is 3. The van der Waals surface area contributed by atoms with Crippen molar-refractivity contribution in [2.24, 2.45) is 5.92 Å². The van der Waals surface area contributed by atoms with Gasteiger partial charge in [0, 0.05) is 18.2 Å². The molecule has 1 aliphatic rings. The smallest absolute Gasteiger partial charge is 0.269 e. The SMILES string of the molecule is CNC1CC(c2cccc([N+](=O)[O-])c2)C1C. The molecule has 1 aliphatic carbocycles. The zero-order chi connectivity index (χ0) is 11.7. The van der Waals surface area contributed by atoms with Crippen molar-refractivity contribution >= 4 is 5.69 Å². The molecule has 0 saturated heterocycles. The van der Waals surface area contributed by atoms with Gasteiger partial charge in [-0.25, -0.2) is 0 Å². The van der Waals surface area contributed by atoms with Gasteiger partial charge in [0.05, 0.1) is 4.92 Å². The molecule has 3 unspecified atom stereocenters. The minimum Gasteiger partial charge on any atom is -0.317 e. The maximum absolute atomic E-state index is 10.7. The fraction of sp³-hybridized carbons (Fsp3) is 0.500. The van der Waals surface area contributed by atoms with Crippen LogP contribution in [0.4, 0.5) is 5.69 Å². The average molecular weight is 220 g/mol. The molecule has 0 aromatic heterocycles. The van der Waals surface area contributed by atoms with Crippen molar-refractivity contribution in [1.82, 2.24) is 5.32 Å². The quantitative estimate of drug-likeness (QED) is 0.628. The molecular weight excluding hydrogens is 204 g/mol. The van der Waals surface area contributed by atoms with Crippen molar-refractivity contribution in [1.29, 1.82) is 0 Å². The summed E-state index contributed by atoms with van der Waals surface area (Å²) >= 11 is 0. The predicted octanol–water partition coefficient (Wildman–Crippen LogP) is 2.31. The van der Waals surface area contributed by atoms with Crippen molar-refractivity contribution < 1.29 is 4.92 Å². The minimum absolute atomic E-state index is 0.192. The van der Waals surface area contributed by atoms with Crippen LogP contribution in [0.2, 0.25) is 0 Å². The van der Waals surface area contributed by atoms with E-state index in [-0.39, 0.29) is 10.6 Å². The van der Waals surface area contributed by atoms with Crippen molar-refractivity contribution in [3.05, 3.63) is 39.9 Å². The van der Waals surface area contributed by atoms with E-state index in [0.29, 0.717) is 17.9 Å². The second kappa shape index (κ2) is 4.22. The van der Waals surface area contributed by atoms with E-state index in [1.165, 1.54) is 0 Å². The van der Waals surface area contributed by atoms with Gasteiger partial charge in [0.25, 0.3) is 5.69 Å². The highest BCUT2D eigenvalue weighted by Gasteiger charge is 2.37. The monoisotopic (exact) mass is 220 g/mol. The Morgan fingerprint density at radius 1 is 1.50 bits per heavy atom. The number of nitro benzene ring substituents is 1. The fourth-order valence-electron chi connectivity index (χ4n) is 2.48. The summed E-state index contributed by atoms with van der Waals surface area (Å²) < 4.78 is 0. The summed E-state index contributed by atoms with van der Waals surface area (Å²) in [6, 6.07) is 7.55. The molecule has 1 aromatic carbocycles. The second-order valence-corrected chi connectivity index (χ2v) is 4.45. The maximum Gasteiger partial charge on any atom is 0.269 e. The van der Waals surface area contributed by atoms with E-state index in [1.54, 1.807) is 18.2 Å². The van der Waals surface area contributed by atoms with E-state index in [1.807, 2.05) is 13.1 Å². The van der Waals surface area contributed by atoms with E-state index in [4.69, 9.17) is 0 Å². The highest BCUT2D eigenvalue weighted by Crippen LogP contribution is 2.42. The molecule has 16 heavy (non-hydrogen) atoms. The normalized spacial score (nSPS) is 28.5. The van der Waals surface area contributed by atoms with Gasteiger partial charge in [0.2, 0.25) is 0 Å². The molecule has 1 fully saturated rings. The molecule has 0 amide bonds. The molecule has 0 heterocycles. The number of nitrogens with one attached hydrogen (secondary N) is 1. The number of hydrogen-bond donors (Lipinski definition) is 1. The molecule has 1 saturated carbocycles. The van der Waals surface area contributed by atoms with Gasteiger partial charge in [-0.1, -0.05) is 19.1 Å². The van der Waals surface area contributed by atoms with E-state index < -0.39 is 0 Å². The standard InChI is InChI=1S/C12H16N2O2/c1-8-11(7-12(8)13-2)9-4-3-5-10(6-9)14(15)16/h3-6,8,11-13H,7H2,1-2H3. The van der Waals surface area contributed by atoms with Gasteiger partial charge in [0.1, 0.15) is 0 Å². The summed E-state index contributed by atoms with van der Waals surface area (Å²) in [5, 5.41) is 13.9. The molecule has 0 radical (unpaired) electrons. The summed E-state index contributed by atoms with van der Waals surface area (Å²) in [5.74, 6) is 1.00. The van der Waals surface area contributed by atoms with Crippen LogP contribution in [0.1, 0.15) is 24.8 Å². The van der Waals surface area contributed by atoms with Crippen LogP contribution < -0.4 is 5.32 Å². The highest BCUT2D eigenvalue weighted by molar-refractivity contribution is 5.37. The number of nitrogens with zero attached hydrogens (tertiary/aromatic N) is 1. The van der Waals surface area contributed by atoms with Crippen molar-refractivity contribution in [2.75, 3.05) is 7.05 Å². The van der Waals surface area contributed by atoms with Crippen LogP contribution in [0.15, 0.2) is 24.3 Å². The molecule has 0 spiro atoms. The first-order valence-electron chi connectivity index (χ1n) is 5.55. The molecule has 0 bridgehead atoms. The van der Waals surface area contributed by atoms with Crippen LogP contribution in [0.3, 0.4) is 0 Å². The van der Waals surface area contributed by atoms with Gasteiger partial charge >= 0.3 is 0 Å². The zero-order valence-electron chi connectivity index (χ0n) is 9.51. The molecule has 0 aliphatic heterocycles. The lowest BCUT2D eigenvalue weighted by atomic mass is 9.67. The van der Waals surface area contributed by atoms with E-state index in [2.05, 4.69) is 12.2 Å². The Kier molecular flexibility index (Phi) is 2.92. The van der Waals surface area contributed by atoms with Gasteiger partial charge in [-0.3, -0.25) is 10.1 Å². The van der Waals surface area contributed by atoms with Gasteiger partial charge in [-0.2, -0.15) is 0 Å². The first-order chi connectivity index (χ1) is 7.63. The minimum atomic E-state index is -0.331. The first kappa shape index (κ1) is 11.1. The highest BCUT2D eigenvalue weighted by atomic mass is 16.6. The third-order valence-corrected chi connectivity index (χ3v) is 3.66. The van der Waals surface area contributed by atoms with Crippen LogP contribution in [0.5, 0.6) is 0 Å². The van der Waals surface area contributed by atoms with Crippen LogP contribution in [-0.4, -0.2) is 18.0 Å². The van der Waals surface area contributed by atoms with Crippen molar-refractivity contribution in [3.63, 3.8) is 0 Å². The summed E-state index contributed by atoms with van der Waals surface area (Å²) in [6.07, 6.45) is 1.07. The number of benzene rings is 1. The molecule has 1 aromatic rings. The van der Waals surface area contributed by atoms with Gasteiger partial charge in [-0.05, 0) is 30.9 Å². The van der Waals surface area contributed by atoms with Crippen molar-refractivity contribution in [3.8, 4) is 0 Å². The third-order valence-electron chi connectivity index (χ3n) is 3.66. The lowest BCUT2D eigenvalue weighted by Gasteiger charge is -2.43. The Morgan fingerprint density at radius 2 is 2.25 bits per heavy atom. The van der Waals surface area contributed by atoms with Gasteiger partial charge in [0.15, 0.2) is 0 Å². The number of nitro groups is 1. The molecular formula is C12H16N2O2. The Hall–Kier alpha value is -1.42. The summed E-state index contributed by atoms with van der Waals surface area (Å²) in [5.41, 5.74) is 1.28.